The summed E-state index contributed by atoms with van der Waals surface area (Å²) in [5, 5.41) is 15.0. The monoisotopic (exact) mass is 400 g/mol. The molecule has 0 aliphatic carbocycles. The molecule has 0 atom stereocenters. The zero-order chi connectivity index (χ0) is 17.4. The first-order valence-electron chi connectivity index (χ1n) is 6.49. The number of carbonyl (C=O) groups excluding carboxylic acids is 1. The number of halogens is 3. The van der Waals surface area contributed by atoms with E-state index in [4.69, 9.17) is 34.8 Å². The summed E-state index contributed by atoms with van der Waals surface area (Å²) in [5.41, 5.74) is 0.103. The number of hydrogen-bond acceptors (Lipinski definition) is 4. The van der Waals surface area contributed by atoms with Gasteiger partial charge in [-0.25, -0.2) is 0 Å². The number of non-ortho nitro benzene ring substituents is 1. The summed E-state index contributed by atoms with van der Waals surface area (Å²) in [5.74, 6) is -0.451. The highest BCUT2D eigenvalue weighted by Crippen LogP contribution is 2.37. The second-order valence-electron chi connectivity index (χ2n) is 4.76. The maximum atomic E-state index is 12.4. The number of carbonyl (C=O) groups is 1. The van der Waals surface area contributed by atoms with Crippen LogP contribution in [0, 0.1) is 10.1 Å². The predicted octanol–water partition coefficient (Wildman–Crippen LogP) is 6.02. The third kappa shape index (κ3) is 3.18. The van der Waals surface area contributed by atoms with Crippen LogP contribution < -0.4 is 5.32 Å². The molecule has 0 aliphatic rings. The highest BCUT2D eigenvalue weighted by molar-refractivity contribution is 7.21. The Morgan fingerprint density at radius 2 is 1.88 bits per heavy atom. The largest absolute Gasteiger partial charge is 0.320 e. The van der Waals surface area contributed by atoms with Crippen molar-refractivity contribution in [2.75, 3.05) is 5.32 Å². The molecule has 0 aliphatic heterocycles. The highest BCUT2D eigenvalue weighted by Gasteiger charge is 2.19. The molecule has 1 amide bonds. The minimum absolute atomic E-state index is 0.0674. The van der Waals surface area contributed by atoms with Gasteiger partial charge in [0.15, 0.2) is 0 Å². The number of nitro benzene ring substituents is 1. The van der Waals surface area contributed by atoms with Crippen molar-refractivity contribution in [1.82, 2.24) is 0 Å². The third-order valence-electron chi connectivity index (χ3n) is 3.21. The van der Waals surface area contributed by atoms with Crippen LogP contribution in [0.2, 0.25) is 15.1 Å². The molecule has 0 radical (unpaired) electrons. The Bertz CT molecular complexity index is 987. The number of nitrogens with one attached hydrogen (secondary N) is 1. The molecule has 0 saturated carbocycles. The van der Waals surface area contributed by atoms with Gasteiger partial charge in [0, 0.05) is 27.2 Å². The molecule has 24 heavy (non-hydrogen) atoms. The molecule has 0 spiro atoms. The molecule has 5 nitrogen and oxygen atoms in total. The van der Waals surface area contributed by atoms with Gasteiger partial charge in [-0.15, -0.1) is 11.3 Å². The van der Waals surface area contributed by atoms with Crippen molar-refractivity contribution in [3.05, 3.63) is 66.5 Å². The molecule has 0 unspecified atom stereocenters. The van der Waals surface area contributed by atoms with Crippen LogP contribution in [0.3, 0.4) is 0 Å². The van der Waals surface area contributed by atoms with E-state index in [1.807, 2.05) is 0 Å². The van der Waals surface area contributed by atoms with E-state index in [1.165, 1.54) is 29.5 Å². The third-order valence-corrected chi connectivity index (χ3v) is 5.41. The number of anilines is 1. The van der Waals surface area contributed by atoms with Crippen LogP contribution in [0.5, 0.6) is 0 Å². The fraction of sp³-hybridized carbons (Fsp3) is 0. The minimum atomic E-state index is -0.565. The summed E-state index contributed by atoms with van der Waals surface area (Å²) >= 11 is 19.4. The molecule has 1 N–H and O–H groups in total. The van der Waals surface area contributed by atoms with Crippen molar-refractivity contribution in [1.29, 1.82) is 0 Å². The Kier molecular flexibility index (Phi) is 4.64. The second kappa shape index (κ2) is 6.57. The number of amides is 1. The molecule has 0 bridgehead atoms. The number of rotatable bonds is 3. The van der Waals surface area contributed by atoms with Crippen LogP contribution >= 0.6 is 46.1 Å². The Hall–Kier alpha value is -1.86. The van der Waals surface area contributed by atoms with Gasteiger partial charge >= 0.3 is 0 Å². The van der Waals surface area contributed by atoms with Crippen LogP contribution in [0.4, 0.5) is 11.4 Å². The molecular formula is C15H7Cl3N2O3S. The van der Waals surface area contributed by atoms with Crippen molar-refractivity contribution in [2.45, 2.75) is 0 Å². The number of fused-ring (bicyclic) bond motifs is 1. The topological polar surface area (TPSA) is 72.2 Å². The molecule has 3 rings (SSSR count). The quantitative estimate of drug-likeness (QED) is 0.430. The van der Waals surface area contributed by atoms with Crippen molar-refractivity contribution >= 4 is 73.5 Å². The lowest BCUT2D eigenvalue weighted by Gasteiger charge is -2.06. The van der Waals surface area contributed by atoms with E-state index in [1.54, 1.807) is 18.2 Å². The van der Waals surface area contributed by atoms with Crippen molar-refractivity contribution in [3.8, 4) is 0 Å². The maximum Gasteiger partial charge on any atom is 0.271 e. The Morgan fingerprint density at radius 3 is 2.54 bits per heavy atom. The molecule has 9 heteroatoms. The Balaban J connectivity index is 1.93. The molecule has 122 valence electrons. The molecule has 2 aromatic carbocycles. The van der Waals surface area contributed by atoms with Crippen molar-refractivity contribution in [2.24, 2.45) is 0 Å². The fourth-order valence-electron chi connectivity index (χ4n) is 2.08. The second-order valence-corrected chi connectivity index (χ2v) is 7.03. The number of hydrogen-bond donors (Lipinski definition) is 1. The standard InChI is InChI=1S/C15H7Cl3N2O3S/c16-7-1-3-9-12(5-7)24-14(13(9)18)15(21)19-11-4-2-8(20(22)23)6-10(11)17/h1-6H,(H,19,21). The first kappa shape index (κ1) is 17.0. The van der Waals surface area contributed by atoms with Gasteiger partial charge < -0.3 is 5.32 Å². The van der Waals surface area contributed by atoms with E-state index >= 15 is 0 Å². The van der Waals surface area contributed by atoms with E-state index in [0.29, 0.717) is 14.9 Å². The van der Waals surface area contributed by atoms with E-state index in [9.17, 15) is 14.9 Å². The van der Waals surface area contributed by atoms with Gasteiger partial charge in [0.2, 0.25) is 0 Å². The molecular weight excluding hydrogens is 395 g/mol. The first-order chi connectivity index (χ1) is 11.4. The molecule has 0 fully saturated rings. The molecule has 1 heterocycles. The van der Waals surface area contributed by atoms with Gasteiger partial charge in [-0.1, -0.05) is 40.9 Å². The lowest BCUT2D eigenvalue weighted by atomic mass is 10.2. The molecule has 0 saturated heterocycles. The lowest BCUT2D eigenvalue weighted by molar-refractivity contribution is -0.384. The molecule has 1 aromatic heterocycles. The lowest BCUT2D eigenvalue weighted by Crippen LogP contribution is -2.11. The average molecular weight is 402 g/mol. The highest BCUT2D eigenvalue weighted by atomic mass is 35.5. The van der Waals surface area contributed by atoms with Crippen LogP contribution in [-0.4, -0.2) is 10.8 Å². The van der Waals surface area contributed by atoms with E-state index in [-0.39, 0.29) is 16.4 Å². The zero-order valence-corrected chi connectivity index (χ0v) is 14.8. The van der Waals surface area contributed by atoms with E-state index in [2.05, 4.69) is 5.32 Å². The van der Waals surface area contributed by atoms with Crippen molar-refractivity contribution < 1.29 is 9.72 Å². The smallest absolute Gasteiger partial charge is 0.271 e. The number of nitrogens with zero attached hydrogens (tertiary/aromatic N) is 1. The van der Waals surface area contributed by atoms with Crippen LogP contribution in [-0.2, 0) is 0 Å². The fourth-order valence-corrected chi connectivity index (χ4v) is 3.99. The molecule has 3 aromatic rings. The van der Waals surface area contributed by atoms with E-state index < -0.39 is 10.8 Å². The van der Waals surface area contributed by atoms with Gasteiger partial charge in [0.1, 0.15) is 4.88 Å². The maximum absolute atomic E-state index is 12.4. The van der Waals surface area contributed by atoms with Gasteiger partial charge in [-0.3, -0.25) is 14.9 Å². The normalized spacial score (nSPS) is 10.8. The van der Waals surface area contributed by atoms with E-state index in [0.717, 1.165) is 10.1 Å². The minimum Gasteiger partial charge on any atom is -0.320 e. The number of benzene rings is 2. The Labute approximate surface area is 154 Å². The van der Waals surface area contributed by atoms with Gasteiger partial charge in [0.25, 0.3) is 11.6 Å². The van der Waals surface area contributed by atoms with Crippen LogP contribution in [0.15, 0.2) is 36.4 Å². The van der Waals surface area contributed by atoms with Crippen LogP contribution in [0.1, 0.15) is 9.67 Å². The number of thiophene rings is 1. The van der Waals surface area contributed by atoms with Crippen molar-refractivity contribution in [3.63, 3.8) is 0 Å². The summed E-state index contributed by atoms with van der Waals surface area (Å²) in [6, 6.07) is 8.96. The zero-order valence-electron chi connectivity index (χ0n) is 11.7. The summed E-state index contributed by atoms with van der Waals surface area (Å²) in [6.45, 7) is 0. The average Bonchev–Trinajstić information content (AvgIpc) is 2.85. The van der Waals surface area contributed by atoms with Gasteiger partial charge in [-0.2, -0.15) is 0 Å². The van der Waals surface area contributed by atoms with Gasteiger partial charge in [-0.05, 0) is 18.2 Å². The first-order valence-corrected chi connectivity index (χ1v) is 8.44. The Morgan fingerprint density at radius 1 is 1.12 bits per heavy atom. The summed E-state index contributed by atoms with van der Waals surface area (Å²) in [4.78, 5) is 22.9. The summed E-state index contributed by atoms with van der Waals surface area (Å²) < 4.78 is 0.785. The summed E-state index contributed by atoms with van der Waals surface area (Å²) in [6.07, 6.45) is 0. The number of nitro groups is 1. The summed E-state index contributed by atoms with van der Waals surface area (Å²) in [7, 11) is 0. The predicted molar refractivity (Wildman–Crippen MR) is 97.9 cm³/mol. The van der Waals surface area contributed by atoms with Crippen LogP contribution in [0.25, 0.3) is 10.1 Å². The SMILES string of the molecule is O=C(Nc1ccc([N+](=O)[O-])cc1Cl)c1sc2cc(Cl)ccc2c1Cl. The van der Waals surface area contributed by atoms with Gasteiger partial charge in [0.05, 0.1) is 20.7 Å².